The summed E-state index contributed by atoms with van der Waals surface area (Å²) in [6.45, 7) is 0.624. The maximum absolute atomic E-state index is 5.72. The van der Waals surface area contributed by atoms with E-state index in [-0.39, 0.29) is 0 Å². The highest BCUT2D eigenvalue weighted by Crippen LogP contribution is 2.25. The Labute approximate surface area is 99.8 Å². The molecule has 2 N–H and O–H groups in total. The largest absolute Gasteiger partial charge is 0.497 e. The van der Waals surface area contributed by atoms with E-state index in [1.54, 1.807) is 20.4 Å². The zero-order chi connectivity index (χ0) is 12.3. The molecule has 1 aromatic carbocycles. The third-order valence-electron chi connectivity index (χ3n) is 2.58. The molecule has 1 aromatic heterocycles. The summed E-state index contributed by atoms with van der Waals surface area (Å²) in [7, 11) is 3.26. The molecule has 0 aliphatic heterocycles. The average Bonchev–Trinajstić information content (AvgIpc) is 2.75. The van der Waals surface area contributed by atoms with Gasteiger partial charge in [-0.2, -0.15) is 0 Å². The number of ether oxygens (including phenoxy) is 2. The Bertz CT molecular complexity index is 508. The second kappa shape index (κ2) is 4.78. The summed E-state index contributed by atoms with van der Waals surface area (Å²) in [4.78, 5) is 3.98. The second-order valence-corrected chi connectivity index (χ2v) is 3.59. The van der Waals surface area contributed by atoms with Crippen molar-refractivity contribution < 1.29 is 9.47 Å². The SMILES string of the molecule is COc1ccc(Cn2ccnc2N)c(OC)c1. The van der Waals surface area contributed by atoms with Crippen LogP contribution in [0, 0.1) is 0 Å². The highest BCUT2D eigenvalue weighted by Gasteiger charge is 2.07. The molecule has 0 spiro atoms. The monoisotopic (exact) mass is 233 g/mol. The molecule has 0 amide bonds. The van der Waals surface area contributed by atoms with Gasteiger partial charge in [0.05, 0.1) is 20.8 Å². The molecule has 0 unspecified atom stereocenters. The van der Waals surface area contributed by atoms with E-state index in [9.17, 15) is 0 Å². The minimum atomic E-state index is 0.489. The Hall–Kier alpha value is -2.17. The van der Waals surface area contributed by atoms with Crippen molar-refractivity contribution >= 4 is 5.95 Å². The summed E-state index contributed by atoms with van der Waals surface area (Å²) in [5.41, 5.74) is 6.75. The van der Waals surface area contributed by atoms with E-state index < -0.39 is 0 Å². The molecule has 0 aliphatic carbocycles. The predicted octanol–water partition coefficient (Wildman–Crippen LogP) is 1.53. The van der Waals surface area contributed by atoms with Crippen molar-refractivity contribution in [1.82, 2.24) is 9.55 Å². The maximum atomic E-state index is 5.72. The number of nitrogens with zero attached hydrogens (tertiary/aromatic N) is 2. The van der Waals surface area contributed by atoms with Gasteiger partial charge in [0.25, 0.3) is 0 Å². The summed E-state index contributed by atoms with van der Waals surface area (Å²) in [5, 5.41) is 0. The first-order valence-electron chi connectivity index (χ1n) is 5.22. The van der Waals surface area contributed by atoms with Gasteiger partial charge in [-0.1, -0.05) is 0 Å². The van der Waals surface area contributed by atoms with E-state index in [1.807, 2.05) is 29.0 Å². The highest BCUT2D eigenvalue weighted by molar-refractivity contribution is 5.41. The molecular weight excluding hydrogens is 218 g/mol. The van der Waals surface area contributed by atoms with E-state index >= 15 is 0 Å². The topological polar surface area (TPSA) is 62.3 Å². The second-order valence-electron chi connectivity index (χ2n) is 3.59. The van der Waals surface area contributed by atoms with Crippen molar-refractivity contribution in [2.75, 3.05) is 20.0 Å². The summed E-state index contributed by atoms with van der Waals surface area (Å²) >= 11 is 0. The van der Waals surface area contributed by atoms with Crippen LogP contribution < -0.4 is 15.2 Å². The third kappa shape index (κ3) is 2.33. The van der Waals surface area contributed by atoms with Crippen molar-refractivity contribution in [2.45, 2.75) is 6.54 Å². The van der Waals surface area contributed by atoms with Crippen molar-refractivity contribution in [3.8, 4) is 11.5 Å². The van der Waals surface area contributed by atoms with Crippen molar-refractivity contribution in [3.05, 3.63) is 36.2 Å². The Morgan fingerprint density at radius 2 is 2.12 bits per heavy atom. The first-order valence-corrected chi connectivity index (χ1v) is 5.22. The van der Waals surface area contributed by atoms with Crippen LogP contribution in [-0.4, -0.2) is 23.8 Å². The zero-order valence-electron chi connectivity index (χ0n) is 9.88. The highest BCUT2D eigenvalue weighted by atomic mass is 16.5. The predicted molar refractivity (Wildman–Crippen MR) is 65.3 cm³/mol. The molecule has 0 saturated carbocycles. The summed E-state index contributed by atoms with van der Waals surface area (Å²) in [6, 6.07) is 5.70. The van der Waals surface area contributed by atoms with Crippen molar-refractivity contribution in [1.29, 1.82) is 0 Å². The fraction of sp³-hybridized carbons (Fsp3) is 0.250. The van der Waals surface area contributed by atoms with E-state index in [0.717, 1.165) is 17.1 Å². The average molecular weight is 233 g/mol. The summed E-state index contributed by atoms with van der Waals surface area (Å²) in [6.07, 6.45) is 3.50. The van der Waals surface area contributed by atoms with Gasteiger partial charge in [-0.15, -0.1) is 0 Å². The van der Waals surface area contributed by atoms with Crippen LogP contribution in [0.25, 0.3) is 0 Å². The van der Waals surface area contributed by atoms with Gasteiger partial charge in [-0.05, 0) is 12.1 Å². The Morgan fingerprint density at radius 1 is 1.29 bits per heavy atom. The van der Waals surface area contributed by atoms with Crippen LogP contribution in [0.3, 0.4) is 0 Å². The maximum Gasteiger partial charge on any atom is 0.200 e. The molecule has 2 aromatic rings. The van der Waals surface area contributed by atoms with Crippen LogP contribution >= 0.6 is 0 Å². The van der Waals surface area contributed by atoms with Gasteiger partial charge in [-0.3, -0.25) is 0 Å². The number of imidazole rings is 1. The lowest BCUT2D eigenvalue weighted by atomic mass is 10.2. The lowest BCUT2D eigenvalue weighted by Gasteiger charge is -2.11. The van der Waals surface area contributed by atoms with E-state index in [2.05, 4.69) is 4.98 Å². The lowest BCUT2D eigenvalue weighted by molar-refractivity contribution is 0.390. The van der Waals surface area contributed by atoms with Crippen LogP contribution in [-0.2, 0) is 6.54 Å². The van der Waals surface area contributed by atoms with Gasteiger partial charge >= 0.3 is 0 Å². The molecule has 5 heteroatoms. The number of nitrogens with two attached hydrogens (primary N) is 1. The Kier molecular flexibility index (Phi) is 3.18. The third-order valence-corrected chi connectivity index (χ3v) is 2.58. The van der Waals surface area contributed by atoms with Gasteiger partial charge in [0.2, 0.25) is 0 Å². The van der Waals surface area contributed by atoms with Crippen LogP contribution in [0.5, 0.6) is 11.5 Å². The molecule has 2 rings (SSSR count). The van der Waals surface area contributed by atoms with Gasteiger partial charge in [0.1, 0.15) is 11.5 Å². The number of hydrogen-bond donors (Lipinski definition) is 1. The molecule has 0 fully saturated rings. The molecule has 1 heterocycles. The molecule has 0 radical (unpaired) electrons. The van der Waals surface area contributed by atoms with Gasteiger partial charge < -0.3 is 19.8 Å². The van der Waals surface area contributed by atoms with Crippen LogP contribution in [0.2, 0.25) is 0 Å². The quantitative estimate of drug-likeness (QED) is 0.870. The molecule has 90 valence electrons. The lowest BCUT2D eigenvalue weighted by Crippen LogP contribution is -2.05. The fourth-order valence-electron chi connectivity index (χ4n) is 1.64. The Morgan fingerprint density at radius 3 is 2.71 bits per heavy atom. The minimum Gasteiger partial charge on any atom is -0.497 e. The number of nitrogen functional groups attached to an aromatic ring is 1. The van der Waals surface area contributed by atoms with Crippen molar-refractivity contribution in [3.63, 3.8) is 0 Å². The Balaban J connectivity index is 2.29. The molecule has 5 nitrogen and oxygen atoms in total. The minimum absolute atomic E-state index is 0.489. The molecule has 17 heavy (non-hydrogen) atoms. The van der Waals surface area contributed by atoms with Crippen LogP contribution in [0.1, 0.15) is 5.56 Å². The smallest absolute Gasteiger partial charge is 0.200 e. The normalized spacial score (nSPS) is 10.2. The van der Waals surface area contributed by atoms with E-state index in [1.165, 1.54) is 0 Å². The number of anilines is 1. The molecule has 0 atom stereocenters. The van der Waals surface area contributed by atoms with E-state index in [4.69, 9.17) is 15.2 Å². The number of rotatable bonds is 4. The summed E-state index contributed by atoms with van der Waals surface area (Å²) in [5.74, 6) is 2.03. The van der Waals surface area contributed by atoms with E-state index in [0.29, 0.717) is 12.5 Å². The van der Waals surface area contributed by atoms with Gasteiger partial charge in [0, 0.05) is 24.0 Å². The van der Waals surface area contributed by atoms with Crippen molar-refractivity contribution in [2.24, 2.45) is 0 Å². The first kappa shape index (κ1) is 11.3. The molecular formula is C12H15N3O2. The summed E-state index contributed by atoms with van der Waals surface area (Å²) < 4.78 is 12.3. The number of benzene rings is 1. The number of aromatic nitrogens is 2. The molecule has 0 aliphatic rings. The van der Waals surface area contributed by atoms with Gasteiger partial charge in [0.15, 0.2) is 5.95 Å². The zero-order valence-corrected chi connectivity index (χ0v) is 9.88. The number of hydrogen-bond acceptors (Lipinski definition) is 4. The van der Waals surface area contributed by atoms with Gasteiger partial charge in [-0.25, -0.2) is 4.98 Å². The fourth-order valence-corrected chi connectivity index (χ4v) is 1.64. The first-order chi connectivity index (χ1) is 8.24. The van der Waals surface area contributed by atoms with Crippen LogP contribution in [0.4, 0.5) is 5.95 Å². The standard InChI is InChI=1S/C12H15N3O2/c1-16-10-4-3-9(11(7-10)17-2)8-15-6-5-14-12(15)13/h3-7H,8H2,1-2H3,(H2,13,14). The number of methoxy groups -OCH3 is 2. The molecule has 0 saturated heterocycles. The van der Waals surface area contributed by atoms with Crippen LogP contribution in [0.15, 0.2) is 30.6 Å². The molecule has 0 bridgehead atoms.